The molecule has 4 heteroatoms. The van der Waals surface area contributed by atoms with Gasteiger partial charge in [-0.2, -0.15) is 0 Å². The Labute approximate surface area is 128 Å². The van der Waals surface area contributed by atoms with Gasteiger partial charge in [-0.15, -0.1) is 0 Å². The molecule has 2 aromatic carbocycles. The van der Waals surface area contributed by atoms with Crippen molar-refractivity contribution in [3.8, 4) is 0 Å². The molecule has 0 saturated heterocycles. The lowest BCUT2D eigenvalue weighted by Gasteiger charge is -2.34. The van der Waals surface area contributed by atoms with Crippen LogP contribution in [0, 0.1) is 5.82 Å². The van der Waals surface area contributed by atoms with Crippen LogP contribution in [0.3, 0.4) is 0 Å². The van der Waals surface area contributed by atoms with Crippen LogP contribution in [-0.4, -0.2) is 6.04 Å². The first-order chi connectivity index (χ1) is 10.1. The first-order valence-corrected chi connectivity index (χ1v) is 7.22. The van der Waals surface area contributed by atoms with Crippen LogP contribution in [0.25, 0.3) is 6.08 Å². The average molecular weight is 303 g/mol. The van der Waals surface area contributed by atoms with E-state index in [1.807, 2.05) is 25.1 Å². The van der Waals surface area contributed by atoms with E-state index < -0.39 is 0 Å². The van der Waals surface area contributed by atoms with E-state index in [1.165, 1.54) is 12.1 Å². The van der Waals surface area contributed by atoms with Crippen molar-refractivity contribution in [2.45, 2.75) is 19.5 Å². The second-order valence-corrected chi connectivity index (χ2v) is 5.64. The maximum absolute atomic E-state index is 13.1. The third kappa shape index (κ3) is 2.67. The van der Waals surface area contributed by atoms with Crippen molar-refractivity contribution in [1.29, 1.82) is 0 Å². The second-order valence-electron chi connectivity index (χ2n) is 5.23. The molecule has 0 aromatic heterocycles. The zero-order valence-electron chi connectivity index (χ0n) is 11.7. The second kappa shape index (κ2) is 5.51. The Hall–Kier alpha value is -1.84. The molecule has 2 aromatic rings. The molecule has 108 valence electrons. The summed E-state index contributed by atoms with van der Waals surface area (Å²) >= 11 is 6.30. The van der Waals surface area contributed by atoms with E-state index >= 15 is 0 Å². The van der Waals surface area contributed by atoms with E-state index in [0.29, 0.717) is 6.54 Å². The highest BCUT2D eigenvalue weighted by molar-refractivity contribution is 6.31. The number of nitrogens with two attached hydrogens (primary N) is 1. The quantitative estimate of drug-likeness (QED) is 0.901. The number of nitrogens with zero attached hydrogens (tertiary/aromatic N) is 1. The van der Waals surface area contributed by atoms with Crippen LogP contribution in [0.1, 0.15) is 18.1 Å². The van der Waals surface area contributed by atoms with Crippen LogP contribution < -0.4 is 10.6 Å². The van der Waals surface area contributed by atoms with Crippen LogP contribution in [0.15, 0.2) is 48.2 Å². The minimum atomic E-state index is -0.250. The van der Waals surface area contributed by atoms with Crippen molar-refractivity contribution in [1.82, 2.24) is 0 Å². The lowest BCUT2D eigenvalue weighted by atomic mass is 9.98. The van der Waals surface area contributed by atoms with Crippen LogP contribution in [0.4, 0.5) is 10.1 Å². The topological polar surface area (TPSA) is 29.3 Å². The number of hydrogen-bond donors (Lipinski definition) is 1. The molecule has 0 spiro atoms. The van der Waals surface area contributed by atoms with E-state index in [0.717, 1.165) is 27.5 Å². The summed E-state index contributed by atoms with van der Waals surface area (Å²) in [6.07, 6.45) is 2.05. The summed E-state index contributed by atoms with van der Waals surface area (Å²) in [4.78, 5) is 2.08. The summed E-state index contributed by atoms with van der Waals surface area (Å²) in [5.41, 5.74) is 10.2. The molecule has 1 atom stereocenters. The normalized spacial score (nSPS) is 15.4. The molecular weight excluding hydrogens is 287 g/mol. The van der Waals surface area contributed by atoms with Crippen molar-refractivity contribution in [2.75, 3.05) is 4.90 Å². The monoisotopic (exact) mass is 302 g/mol. The molecule has 3 rings (SSSR count). The van der Waals surface area contributed by atoms with Gasteiger partial charge in [-0.05, 0) is 54.5 Å². The number of hydrogen-bond acceptors (Lipinski definition) is 2. The van der Waals surface area contributed by atoms with Crippen LogP contribution in [0.2, 0.25) is 5.02 Å². The highest BCUT2D eigenvalue weighted by Gasteiger charge is 2.23. The Kier molecular flexibility index (Phi) is 3.70. The molecule has 1 aliphatic heterocycles. The maximum Gasteiger partial charge on any atom is 0.123 e. The molecule has 21 heavy (non-hydrogen) atoms. The SMILES string of the molecule is C[C@H](N)C1=Cc2cccc(Cl)c2CN1c1ccc(F)cc1. The Morgan fingerprint density at radius 1 is 1.19 bits per heavy atom. The van der Waals surface area contributed by atoms with E-state index in [-0.39, 0.29) is 11.9 Å². The molecule has 0 saturated carbocycles. The van der Waals surface area contributed by atoms with Crippen molar-refractivity contribution in [2.24, 2.45) is 5.73 Å². The van der Waals surface area contributed by atoms with E-state index in [1.54, 1.807) is 12.1 Å². The van der Waals surface area contributed by atoms with Gasteiger partial charge in [0.05, 0.1) is 0 Å². The fourth-order valence-corrected chi connectivity index (χ4v) is 2.84. The largest absolute Gasteiger partial charge is 0.339 e. The maximum atomic E-state index is 13.1. The minimum Gasteiger partial charge on any atom is -0.339 e. The Morgan fingerprint density at radius 3 is 2.57 bits per heavy atom. The number of fused-ring (bicyclic) bond motifs is 1. The standard InChI is InChI=1S/C17H16ClFN2/c1-11(20)17-9-12-3-2-4-16(18)15(12)10-21(17)14-7-5-13(19)6-8-14/h2-9,11H,10,20H2,1H3/t11-/m0/s1. The zero-order valence-corrected chi connectivity index (χ0v) is 12.4. The lowest BCUT2D eigenvalue weighted by Crippen LogP contribution is -2.35. The van der Waals surface area contributed by atoms with Gasteiger partial charge in [-0.3, -0.25) is 0 Å². The van der Waals surface area contributed by atoms with Gasteiger partial charge in [0.1, 0.15) is 5.82 Å². The molecule has 0 radical (unpaired) electrons. The summed E-state index contributed by atoms with van der Waals surface area (Å²) < 4.78 is 13.1. The van der Waals surface area contributed by atoms with E-state index in [9.17, 15) is 4.39 Å². The fraction of sp³-hybridized carbons (Fsp3) is 0.176. The van der Waals surface area contributed by atoms with Crippen molar-refractivity contribution >= 4 is 23.4 Å². The van der Waals surface area contributed by atoms with Crippen molar-refractivity contribution in [3.05, 3.63) is 70.1 Å². The molecule has 0 aliphatic carbocycles. The Bertz CT molecular complexity index is 692. The van der Waals surface area contributed by atoms with Gasteiger partial charge < -0.3 is 10.6 Å². The highest BCUT2D eigenvalue weighted by Crippen LogP contribution is 2.34. The van der Waals surface area contributed by atoms with Gasteiger partial charge in [0.2, 0.25) is 0 Å². The molecule has 1 aliphatic rings. The van der Waals surface area contributed by atoms with Crippen molar-refractivity contribution in [3.63, 3.8) is 0 Å². The van der Waals surface area contributed by atoms with E-state index in [2.05, 4.69) is 11.0 Å². The number of anilines is 1. The van der Waals surface area contributed by atoms with Crippen LogP contribution >= 0.6 is 11.6 Å². The molecule has 2 nitrogen and oxygen atoms in total. The van der Waals surface area contributed by atoms with Crippen LogP contribution in [-0.2, 0) is 6.54 Å². The summed E-state index contributed by atoms with van der Waals surface area (Å²) in [5.74, 6) is -0.250. The van der Waals surface area contributed by atoms with Gasteiger partial charge in [0.25, 0.3) is 0 Å². The third-order valence-electron chi connectivity index (χ3n) is 3.69. The first-order valence-electron chi connectivity index (χ1n) is 6.84. The van der Waals surface area contributed by atoms with Gasteiger partial charge in [0, 0.05) is 29.0 Å². The highest BCUT2D eigenvalue weighted by atomic mass is 35.5. The van der Waals surface area contributed by atoms with Gasteiger partial charge in [0.15, 0.2) is 0 Å². The molecule has 0 fully saturated rings. The summed E-state index contributed by atoms with van der Waals surface area (Å²) in [6, 6.07) is 12.2. The van der Waals surface area contributed by atoms with Gasteiger partial charge in [-0.25, -0.2) is 4.39 Å². The van der Waals surface area contributed by atoms with E-state index in [4.69, 9.17) is 17.3 Å². The number of benzene rings is 2. The Morgan fingerprint density at radius 2 is 1.90 bits per heavy atom. The lowest BCUT2D eigenvalue weighted by molar-refractivity contribution is 0.627. The predicted molar refractivity (Wildman–Crippen MR) is 85.7 cm³/mol. The smallest absolute Gasteiger partial charge is 0.123 e. The molecule has 0 bridgehead atoms. The number of halogens is 2. The summed E-state index contributed by atoms with van der Waals surface area (Å²) in [5, 5.41) is 0.736. The Balaban J connectivity index is 2.09. The summed E-state index contributed by atoms with van der Waals surface area (Å²) in [6.45, 7) is 2.58. The van der Waals surface area contributed by atoms with Gasteiger partial charge in [-0.1, -0.05) is 23.7 Å². The molecular formula is C17H16ClFN2. The molecule has 1 heterocycles. The zero-order chi connectivity index (χ0) is 15.0. The molecule has 0 amide bonds. The molecule has 2 N–H and O–H groups in total. The summed E-state index contributed by atoms with van der Waals surface area (Å²) in [7, 11) is 0. The fourth-order valence-electron chi connectivity index (χ4n) is 2.60. The first kappa shape index (κ1) is 14.1. The minimum absolute atomic E-state index is 0.123. The molecule has 0 unspecified atom stereocenters. The average Bonchev–Trinajstić information content (AvgIpc) is 2.47. The van der Waals surface area contributed by atoms with Crippen LogP contribution in [0.5, 0.6) is 0 Å². The van der Waals surface area contributed by atoms with Gasteiger partial charge >= 0.3 is 0 Å². The van der Waals surface area contributed by atoms with Crippen molar-refractivity contribution < 1.29 is 4.39 Å². The third-order valence-corrected chi connectivity index (χ3v) is 4.05. The number of rotatable bonds is 2. The predicted octanol–water partition coefficient (Wildman–Crippen LogP) is 4.19.